The van der Waals surface area contributed by atoms with E-state index in [1.54, 1.807) is 13.8 Å². The van der Waals surface area contributed by atoms with Gasteiger partial charge in [0.1, 0.15) is 17.9 Å². The number of aliphatic imine (C=N–C) groups is 2. The van der Waals surface area contributed by atoms with Crippen molar-refractivity contribution in [2.45, 2.75) is 114 Å². The van der Waals surface area contributed by atoms with Gasteiger partial charge in [-0.15, -0.1) is 0 Å². The highest BCUT2D eigenvalue weighted by Crippen LogP contribution is 2.49. The third-order valence-electron chi connectivity index (χ3n) is 13.7. The van der Waals surface area contributed by atoms with Crippen LogP contribution in [-0.4, -0.2) is 123 Å². The molecule has 8 atom stereocenters. The molecule has 0 spiro atoms. The van der Waals surface area contributed by atoms with Crippen molar-refractivity contribution in [3.05, 3.63) is 88.7 Å². The molecule has 16 heteroatoms. The lowest BCUT2D eigenvalue weighted by Crippen LogP contribution is -2.56. The Morgan fingerprint density at radius 2 is 1.06 bits per heavy atom. The fourth-order valence-corrected chi connectivity index (χ4v) is 10.2. The maximum atomic E-state index is 14.4. The van der Waals surface area contributed by atoms with Crippen molar-refractivity contribution in [3.63, 3.8) is 0 Å². The first-order valence-corrected chi connectivity index (χ1v) is 22.2. The molecule has 0 bridgehead atoms. The van der Waals surface area contributed by atoms with Crippen LogP contribution in [0.3, 0.4) is 0 Å². The number of carbonyl (C=O) groups is 4. The number of carbonyl (C=O) groups excluding carboxylic acids is 4. The molecule has 0 saturated carbocycles. The molecule has 4 amide bonds. The highest BCUT2D eigenvalue weighted by Gasteiger charge is 2.43. The van der Waals surface area contributed by atoms with Crippen LogP contribution in [-0.2, 0) is 41.4 Å². The van der Waals surface area contributed by atoms with E-state index in [-0.39, 0.29) is 41.8 Å². The molecule has 5 heterocycles. The van der Waals surface area contributed by atoms with E-state index in [9.17, 15) is 23.6 Å². The number of likely N-dealkylation sites (tertiary alicyclic amines) is 2. The van der Waals surface area contributed by atoms with E-state index in [0.29, 0.717) is 25.9 Å². The van der Waals surface area contributed by atoms with Gasteiger partial charge in [-0.3, -0.25) is 19.6 Å². The van der Waals surface area contributed by atoms with E-state index in [4.69, 9.17) is 28.9 Å². The second-order valence-electron chi connectivity index (χ2n) is 17.3. The third kappa shape index (κ3) is 8.81. The summed E-state index contributed by atoms with van der Waals surface area (Å²) >= 11 is 0. The zero-order chi connectivity index (χ0) is 45.2. The predicted molar refractivity (Wildman–Crippen MR) is 239 cm³/mol. The molecule has 340 valence electrons. The van der Waals surface area contributed by atoms with Crippen LogP contribution in [0.2, 0.25) is 0 Å². The SMILES string of the molecule is COC(=O)N[C@H](C(=O)N1CCC[C@H]1C1=Nc2cc([C@H]3CC[C@H](c4ccc5c(c4)N=C([C@@H]4CCCN4C(=O)[C@@H](NC(=O)OC)C(C)OC)C5)N3c3ccc(F)cc3)ccc2C1)C(C)OC. The van der Waals surface area contributed by atoms with Crippen LogP contribution in [0, 0.1) is 5.82 Å². The largest absolute Gasteiger partial charge is 0.453 e. The Balaban J connectivity index is 1.04. The van der Waals surface area contributed by atoms with Gasteiger partial charge < -0.3 is 44.3 Å². The van der Waals surface area contributed by atoms with Gasteiger partial charge in [-0.1, -0.05) is 24.3 Å². The van der Waals surface area contributed by atoms with Gasteiger partial charge in [-0.05, 0) is 111 Å². The van der Waals surface area contributed by atoms with E-state index < -0.39 is 36.5 Å². The maximum Gasteiger partial charge on any atom is 0.407 e. The lowest BCUT2D eigenvalue weighted by Gasteiger charge is -2.33. The van der Waals surface area contributed by atoms with Gasteiger partial charge in [0.2, 0.25) is 11.8 Å². The second kappa shape index (κ2) is 19.1. The fourth-order valence-electron chi connectivity index (χ4n) is 10.2. The van der Waals surface area contributed by atoms with Crippen molar-refractivity contribution in [2.75, 3.05) is 46.4 Å². The standard InChI is InChI=1S/C48H58FN7O8/c1-27(61-3)43(52-47(59)63-5)45(57)54-21-7-9-41(54)37-23-29-11-13-31(25-35(29)50-37)39-19-20-40(56(39)34-17-15-33(49)16-18-34)32-14-12-30-24-38(51-36(30)26-32)42-10-8-22-55(42)46(58)44(28(2)62-4)53-48(60)64-6/h11-18,25-28,39-44H,7-10,19-24H2,1-6H3,(H,52,59)(H,53,60)/t27?,28?,39-,40-,41+,42+,43+,44+/m1/s1. The summed E-state index contributed by atoms with van der Waals surface area (Å²) in [5.41, 5.74) is 8.89. The molecule has 5 aliphatic rings. The third-order valence-corrected chi connectivity index (χ3v) is 13.7. The number of alkyl carbamates (subject to hydrolysis) is 2. The van der Waals surface area contributed by atoms with E-state index in [1.807, 2.05) is 21.9 Å². The van der Waals surface area contributed by atoms with Crippen LogP contribution >= 0.6 is 0 Å². The summed E-state index contributed by atoms with van der Waals surface area (Å²) in [5.74, 6) is -0.761. The van der Waals surface area contributed by atoms with Crippen molar-refractivity contribution in [1.82, 2.24) is 20.4 Å². The van der Waals surface area contributed by atoms with Crippen LogP contribution < -0.4 is 15.5 Å². The highest BCUT2D eigenvalue weighted by molar-refractivity contribution is 6.02. The molecule has 64 heavy (non-hydrogen) atoms. The van der Waals surface area contributed by atoms with E-state index in [1.165, 1.54) is 40.6 Å². The molecule has 2 N–H and O–H groups in total. The number of nitrogens with zero attached hydrogens (tertiary/aromatic N) is 5. The smallest absolute Gasteiger partial charge is 0.407 e. The molecule has 3 aromatic rings. The summed E-state index contributed by atoms with van der Waals surface area (Å²) < 4.78 is 34.9. The van der Waals surface area contributed by atoms with Crippen molar-refractivity contribution in [1.29, 1.82) is 0 Å². The summed E-state index contributed by atoms with van der Waals surface area (Å²) in [6, 6.07) is 17.3. The number of benzene rings is 3. The summed E-state index contributed by atoms with van der Waals surface area (Å²) in [6.07, 6.45) is 3.59. The molecule has 0 aromatic heterocycles. The van der Waals surface area contributed by atoms with Gasteiger partial charge in [0.15, 0.2) is 0 Å². The molecule has 5 aliphatic heterocycles. The highest BCUT2D eigenvalue weighted by atomic mass is 19.1. The number of hydrogen-bond acceptors (Lipinski definition) is 11. The first-order chi connectivity index (χ1) is 30.9. The van der Waals surface area contributed by atoms with Crippen LogP contribution in [0.4, 0.5) is 31.0 Å². The molecule has 2 unspecified atom stereocenters. The predicted octanol–water partition coefficient (Wildman–Crippen LogP) is 6.67. The number of methoxy groups -OCH3 is 4. The number of rotatable bonds is 13. The molecule has 3 aromatic carbocycles. The molecular formula is C48H58FN7O8. The lowest BCUT2D eigenvalue weighted by molar-refractivity contribution is -0.137. The van der Waals surface area contributed by atoms with Gasteiger partial charge in [0.05, 0.1) is 62.0 Å². The van der Waals surface area contributed by atoms with Gasteiger partial charge in [0, 0.05) is 57.3 Å². The Hall–Kier alpha value is -5.87. The first-order valence-electron chi connectivity index (χ1n) is 22.2. The second-order valence-corrected chi connectivity index (χ2v) is 17.3. The molecule has 3 saturated heterocycles. The van der Waals surface area contributed by atoms with Crippen molar-refractivity contribution in [3.8, 4) is 0 Å². The summed E-state index contributed by atoms with van der Waals surface area (Å²) in [4.78, 5) is 68.6. The number of fused-ring (bicyclic) bond motifs is 2. The number of amides is 4. The van der Waals surface area contributed by atoms with Crippen LogP contribution in [0.5, 0.6) is 0 Å². The average molecular weight is 880 g/mol. The topological polar surface area (TPSA) is 164 Å². The number of nitrogens with one attached hydrogen (secondary N) is 2. The molecule has 0 aliphatic carbocycles. The first kappa shape index (κ1) is 44.7. The van der Waals surface area contributed by atoms with Crippen LogP contribution in [0.25, 0.3) is 0 Å². The molecule has 0 radical (unpaired) electrons. The Kier molecular flexibility index (Phi) is 13.3. The van der Waals surface area contributed by atoms with Crippen molar-refractivity contribution < 1.29 is 42.5 Å². The maximum absolute atomic E-state index is 14.4. The summed E-state index contributed by atoms with van der Waals surface area (Å²) in [6.45, 7) is 4.59. The Morgan fingerprint density at radius 3 is 1.47 bits per heavy atom. The molecule has 8 rings (SSSR count). The Bertz CT molecular complexity index is 2190. The monoisotopic (exact) mass is 879 g/mol. The number of anilines is 1. The molecule has 15 nitrogen and oxygen atoms in total. The average Bonchev–Trinajstić information content (AvgIpc) is 4.17. The van der Waals surface area contributed by atoms with E-state index in [0.717, 1.165) is 89.3 Å². The number of hydrogen-bond donors (Lipinski definition) is 2. The van der Waals surface area contributed by atoms with Gasteiger partial charge in [-0.25, -0.2) is 14.0 Å². The zero-order valence-corrected chi connectivity index (χ0v) is 37.3. The number of ether oxygens (including phenoxy) is 4. The minimum absolute atomic E-state index is 0.0309. The fraction of sp³-hybridized carbons (Fsp3) is 0.500. The lowest BCUT2D eigenvalue weighted by atomic mass is 9.98. The zero-order valence-electron chi connectivity index (χ0n) is 37.3. The quantitative estimate of drug-likeness (QED) is 0.191. The number of halogens is 1. The van der Waals surface area contributed by atoms with Crippen molar-refractivity contribution >= 4 is 52.5 Å². The summed E-state index contributed by atoms with van der Waals surface area (Å²) in [5, 5.41) is 5.33. The minimum atomic E-state index is -0.906. The molecule has 3 fully saturated rings. The molecular weight excluding hydrogens is 822 g/mol. The van der Waals surface area contributed by atoms with Gasteiger partial charge in [-0.2, -0.15) is 0 Å². The van der Waals surface area contributed by atoms with Crippen LogP contribution in [0.1, 0.15) is 86.7 Å². The normalized spacial score (nSPS) is 23.1. The Labute approximate surface area is 373 Å². The van der Waals surface area contributed by atoms with Crippen LogP contribution in [0.15, 0.2) is 70.6 Å². The minimum Gasteiger partial charge on any atom is -0.453 e. The van der Waals surface area contributed by atoms with Gasteiger partial charge >= 0.3 is 12.2 Å². The Morgan fingerprint density at radius 1 is 0.625 bits per heavy atom. The summed E-state index contributed by atoms with van der Waals surface area (Å²) in [7, 11) is 5.54. The van der Waals surface area contributed by atoms with Gasteiger partial charge in [0.25, 0.3) is 0 Å². The van der Waals surface area contributed by atoms with E-state index >= 15 is 0 Å². The van der Waals surface area contributed by atoms with Crippen molar-refractivity contribution in [2.24, 2.45) is 9.98 Å². The van der Waals surface area contributed by atoms with E-state index in [2.05, 4.69) is 51.9 Å².